The van der Waals surface area contributed by atoms with Gasteiger partial charge in [0, 0.05) is 40.7 Å². The van der Waals surface area contributed by atoms with Crippen molar-refractivity contribution in [2.75, 3.05) is 17.2 Å². The Labute approximate surface area is 224 Å². The number of hydrogen-bond donors (Lipinski definition) is 2. The van der Waals surface area contributed by atoms with Gasteiger partial charge >= 0.3 is 0 Å². The second kappa shape index (κ2) is 8.07. The Morgan fingerprint density at radius 2 is 1.77 bits per heavy atom. The molecule has 0 unspecified atom stereocenters. The number of nitrogens with one attached hydrogen (secondary N) is 2. The number of nitro benzene ring substituents is 1. The smallest absolute Gasteiger partial charge is 0.270 e. The molecule has 2 spiro atoms. The summed E-state index contributed by atoms with van der Waals surface area (Å²) >= 11 is 0. The Bertz CT molecular complexity index is 1620. The van der Waals surface area contributed by atoms with E-state index in [1.165, 1.54) is 18.2 Å². The quantitative estimate of drug-likeness (QED) is 0.301. The van der Waals surface area contributed by atoms with E-state index in [9.17, 15) is 24.5 Å². The summed E-state index contributed by atoms with van der Waals surface area (Å²) in [6, 6.07) is 18.4. The van der Waals surface area contributed by atoms with Crippen molar-refractivity contribution in [3.05, 3.63) is 99.1 Å². The Hall–Kier alpha value is -4.37. The molecule has 0 radical (unpaired) electrons. The number of hydrogen-bond acceptors (Lipinski definition) is 6. The Balaban J connectivity index is 1.57. The molecular weight excluding hydrogens is 496 g/mol. The van der Waals surface area contributed by atoms with Crippen molar-refractivity contribution in [3.63, 3.8) is 0 Å². The van der Waals surface area contributed by atoms with Crippen LogP contribution >= 0.6 is 0 Å². The number of nitrogens with zero attached hydrogens (tertiary/aromatic N) is 2. The zero-order valence-electron chi connectivity index (χ0n) is 21.3. The Kier molecular flexibility index (Phi) is 4.91. The van der Waals surface area contributed by atoms with Gasteiger partial charge in [-0.05, 0) is 49.1 Å². The molecule has 4 heterocycles. The minimum absolute atomic E-state index is 0.163. The maximum absolute atomic E-state index is 14.6. The van der Waals surface area contributed by atoms with Crippen LogP contribution in [0.2, 0.25) is 0 Å². The van der Waals surface area contributed by atoms with Crippen LogP contribution in [0.15, 0.2) is 66.7 Å². The number of benzene rings is 3. The molecule has 39 heavy (non-hydrogen) atoms. The predicted octanol–water partition coefficient (Wildman–Crippen LogP) is 4.17. The molecule has 2 saturated heterocycles. The van der Waals surface area contributed by atoms with E-state index in [-0.39, 0.29) is 22.9 Å². The fourth-order valence-electron chi connectivity index (χ4n) is 7.80. The van der Waals surface area contributed by atoms with Gasteiger partial charge in [0.25, 0.3) is 11.6 Å². The van der Waals surface area contributed by atoms with E-state index in [2.05, 4.69) is 15.5 Å². The molecule has 4 atom stereocenters. The first-order valence-corrected chi connectivity index (χ1v) is 13.3. The number of ketones is 1. The average molecular weight is 523 g/mol. The van der Waals surface area contributed by atoms with E-state index in [4.69, 9.17) is 0 Å². The van der Waals surface area contributed by atoms with E-state index in [1.54, 1.807) is 12.1 Å². The van der Waals surface area contributed by atoms with Gasteiger partial charge in [-0.25, -0.2) is 0 Å². The molecule has 2 N–H and O–H groups in total. The largest absolute Gasteiger partial charge is 0.325 e. The van der Waals surface area contributed by atoms with Crippen molar-refractivity contribution in [2.45, 2.75) is 43.2 Å². The van der Waals surface area contributed by atoms with Gasteiger partial charge < -0.3 is 10.6 Å². The van der Waals surface area contributed by atoms with Crippen LogP contribution in [0.5, 0.6) is 0 Å². The topological polar surface area (TPSA) is 122 Å². The molecule has 4 aliphatic rings. The summed E-state index contributed by atoms with van der Waals surface area (Å²) in [5.74, 6) is -2.02. The minimum Gasteiger partial charge on any atom is -0.325 e. The third-order valence-electron chi connectivity index (χ3n) is 9.19. The van der Waals surface area contributed by atoms with E-state index in [0.29, 0.717) is 35.5 Å². The summed E-state index contributed by atoms with van der Waals surface area (Å²) in [6.07, 6.45) is 2.13. The van der Waals surface area contributed by atoms with Crippen LogP contribution in [0, 0.1) is 16.0 Å². The predicted molar refractivity (Wildman–Crippen MR) is 144 cm³/mol. The summed E-state index contributed by atoms with van der Waals surface area (Å²) in [7, 11) is 0. The lowest BCUT2D eigenvalue weighted by Crippen LogP contribution is -2.62. The van der Waals surface area contributed by atoms with Crippen molar-refractivity contribution in [3.8, 4) is 0 Å². The highest BCUT2D eigenvalue weighted by molar-refractivity contribution is 6.21. The number of para-hydroxylation sites is 1. The molecule has 3 aromatic carbocycles. The van der Waals surface area contributed by atoms with Crippen molar-refractivity contribution < 1.29 is 19.3 Å². The average Bonchev–Trinajstić information content (AvgIpc) is 3.66. The van der Waals surface area contributed by atoms with E-state index in [0.717, 1.165) is 18.4 Å². The molecule has 9 heteroatoms. The highest BCUT2D eigenvalue weighted by Gasteiger charge is 2.81. The summed E-state index contributed by atoms with van der Waals surface area (Å²) in [5, 5.41) is 17.6. The maximum Gasteiger partial charge on any atom is 0.270 e. The molecule has 2 amide bonds. The monoisotopic (exact) mass is 522 g/mol. The molecule has 3 aromatic rings. The van der Waals surface area contributed by atoms with Gasteiger partial charge in [0.1, 0.15) is 11.0 Å². The van der Waals surface area contributed by atoms with Crippen LogP contribution in [-0.2, 0) is 27.0 Å². The molecule has 2 fully saturated rings. The number of amides is 2. The highest BCUT2D eigenvalue weighted by atomic mass is 16.6. The first-order chi connectivity index (χ1) is 18.8. The molecule has 4 aliphatic heterocycles. The zero-order chi connectivity index (χ0) is 27.1. The normalized spacial score (nSPS) is 28.3. The van der Waals surface area contributed by atoms with Gasteiger partial charge in [-0.2, -0.15) is 0 Å². The fourth-order valence-corrected chi connectivity index (χ4v) is 7.80. The van der Waals surface area contributed by atoms with Crippen LogP contribution in [0.3, 0.4) is 0 Å². The van der Waals surface area contributed by atoms with Gasteiger partial charge in [0.2, 0.25) is 5.91 Å². The number of carbonyl (C=O) groups excluding carboxylic acids is 3. The molecule has 9 nitrogen and oxygen atoms in total. The number of non-ortho nitro benzene ring substituents is 1. The van der Waals surface area contributed by atoms with Crippen molar-refractivity contribution in [2.24, 2.45) is 5.92 Å². The SMILES string of the molecule is CCc1ccc2c(c1)[C@@]1(C(=O)N2)N2CCC[C@@H]2[C@@H](C(=O)c2cccc([N+](=O)[O-])c2)[C@]12C(=O)Nc1ccccc12. The number of rotatable bonds is 4. The summed E-state index contributed by atoms with van der Waals surface area (Å²) < 4.78 is 0. The number of anilines is 2. The molecule has 0 bridgehead atoms. The zero-order valence-corrected chi connectivity index (χ0v) is 21.3. The van der Waals surface area contributed by atoms with Gasteiger partial charge in [0.05, 0.1) is 10.8 Å². The highest BCUT2D eigenvalue weighted by Crippen LogP contribution is 2.67. The van der Waals surface area contributed by atoms with Crippen molar-refractivity contribution in [1.29, 1.82) is 0 Å². The lowest BCUT2D eigenvalue weighted by atomic mass is 9.57. The van der Waals surface area contributed by atoms with Crippen LogP contribution in [0.1, 0.15) is 46.8 Å². The van der Waals surface area contributed by atoms with E-state index >= 15 is 0 Å². The van der Waals surface area contributed by atoms with Gasteiger partial charge in [-0.15, -0.1) is 0 Å². The summed E-state index contributed by atoms with van der Waals surface area (Å²) in [4.78, 5) is 56.6. The Morgan fingerprint density at radius 1 is 1.00 bits per heavy atom. The standard InChI is InChI=1S/C30H26N4O5/c1-2-17-12-13-23-21(15-17)30(28(37)32-23)29(20-9-3-4-10-22(20)31-27(29)36)25(24-11-6-14-33(24)30)26(35)18-7-5-8-19(16-18)34(38)39/h3-5,7-10,12-13,15-16,24-25H,2,6,11,14H2,1H3,(H,31,36)(H,32,37)/t24-,25+,29-,30+/m1/s1. The summed E-state index contributed by atoms with van der Waals surface area (Å²) in [6.45, 7) is 2.58. The molecule has 0 aromatic heterocycles. The van der Waals surface area contributed by atoms with E-state index in [1.807, 2.05) is 43.3 Å². The molecule has 196 valence electrons. The number of carbonyl (C=O) groups is 3. The molecular formula is C30H26N4O5. The summed E-state index contributed by atoms with van der Waals surface area (Å²) in [5.41, 5.74) is 0.503. The van der Waals surface area contributed by atoms with Crippen molar-refractivity contribution >= 4 is 34.7 Å². The van der Waals surface area contributed by atoms with Crippen molar-refractivity contribution in [1.82, 2.24) is 4.90 Å². The van der Waals surface area contributed by atoms with Crippen LogP contribution in [0.25, 0.3) is 0 Å². The first-order valence-electron chi connectivity index (χ1n) is 13.3. The number of fused-ring (bicyclic) bond motifs is 7. The van der Waals surface area contributed by atoms with Crippen LogP contribution in [0.4, 0.5) is 17.1 Å². The molecule has 0 aliphatic carbocycles. The van der Waals surface area contributed by atoms with Gasteiger partial charge in [0.15, 0.2) is 5.78 Å². The lowest BCUT2D eigenvalue weighted by molar-refractivity contribution is -0.384. The number of Topliss-reactive ketones (excluding diaryl/α,β-unsaturated/α-hetero) is 1. The third-order valence-corrected chi connectivity index (χ3v) is 9.19. The fraction of sp³-hybridized carbons (Fsp3) is 0.300. The van der Waals surface area contributed by atoms with Crippen LogP contribution < -0.4 is 10.6 Å². The second-order valence-corrected chi connectivity index (χ2v) is 10.8. The second-order valence-electron chi connectivity index (χ2n) is 10.8. The number of aryl methyl sites for hydroxylation is 1. The first kappa shape index (κ1) is 23.7. The lowest BCUT2D eigenvalue weighted by Gasteiger charge is -2.43. The van der Waals surface area contributed by atoms with Gasteiger partial charge in [-0.1, -0.05) is 49.4 Å². The van der Waals surface area contributed by atoms with Crippen LogP contribution in [-0.4, -0.2) is 40.0 Å². The van der Waals surface area contributed by atoms with Gasteiger partial charge in [-0.3, -0.25) is 29.4 Å². The molecule has 0 saturated carbocycles. The number of nitro groups is 1. The maximum atomic E-state index is 14.6. The van der Waals surface area contributed by atoms with E-state index < -0.39 is 33.7 Å². The Morgan fingerprint density at radius 3 is 2.56 bits per heavy atom. The minimum atomic E-state index is -1.57. The molecule has 7 rings (SSSR count). The third kappa shape index (κ3) is 2.75.